The van der Waals surface area contributed by atoms with Gasteiger partial charge in [-0.2, -0.15) is 0 Å². The highest BCUT2D eigenvalue weighted by atomic mass is 14.9. The molecule has 0 saturated carbocycles. The minimum Gasteiger partial charge on any atom is -0.354 e. The molecule has 2 heteroatoms. The van der Waals surface area contributed by atoms with Crippen LogP contribution in [-0.2, 0) is 0 Å². The number of rotatable bonds is 0. The molecule has 0 atom stereocenters. The lowest BCUT2D eigenvalue weighted by molar-refractivity contribution is 1.51. The first-order valence-electron chi connectivity index (χ1n) is 7.48. The van der Waals surface area contributed by atoms with E-state index in [1.165, 1.54) is 32.9 Å². The Bertz CT molecular complexity index is 1050. The topological polar surface area (TPSA) is 27.8 Å². The van der Waals surface area contributed by atoms with Gasteiger partial charge in [0.15, 0.2) is 0 Å². The number of fused-ring (bicyclic) bond motifs is 6. The molecule has 0 radical (unpaired) electrons. The summed E-state index contributed by atoms with van der Waals surface area (Å²) < 4.78 is 0. The van der Waals surface area contributed by atoms with Crippen LogP contribution in [0.2, 0.25) is 0 Å². The zero-order valence-electron chi connectivity index (χ0n) is 11.9. The number of hydrogen-bond acceptors (Lipinski definition) is 1. The molecule has 2 nitrogen and oxygen atoms in total. The van der Waals surface area contributed by atoms with Crippen molar-refractivity contribution in [1.82, 2.24) is 4.98 Å². The molecule has 1 aliphatic heterocycles. The summed E-state index contributed by atoms with van der Waals surface area (Å²) in [4.78, 5) is 3.57. The fourth-order valence-corrected chi connectivity index (χ4v) is 3.30. The smallest absolute Gasteiger partial charge is 0.0559 e. The molecule has 2 heterocycles. The van der Waals surface area contributed by atoms with Gasteiger partial charge >= 0.3 is 0 Å². The van der Waals surface area contributed by atoms with E-state index < -0.39 is 0 Å². The van der Waals surface area contributed by atoms with E-state index in [2.05, 4.69) is 83.1 Å². The highest BCUT2D eigenvalue weighted by molar-refractivity contribution is 6.12. The molecule has 0 saturated heterocycles. The third-order valence-electron chi connectivity index (χ3n) is 4.38. The zero-order chi connectivity index (χ0) is 14.5. The van der Waals surface area contributed by atoms with Crippen LogP contribution in [0.1, 0.15) is 11.1 Å². The zero-order valence-corrected chi connectivity index (χ0v) is 11.9. The molecule has 1 aromatic heterocycles. The summed E-state index contributed by atoms with van der Waals surface area (Å²) in [5.74, 6) is 0. The number of anilines is 2. The number of aromatic nitrogens is 1. The average molecular weight is 282 g/mol. The number of para-hydroxylation sites is 2. The fourth-order valence-electron chi connectivity index (χ4n) is 3.30. The van der Waals surface area contributed by atoms with Crippen molar-refractivity contribution in [2.75, 3.05) is 5.32 Å². The predicted molar refractivity (Wildman–Crippen MR) is 94.5 cm³/mol. The second kappa shape index (κ2) is 4.25. The molecule has 4 aromatic rings. The van der Waals surface area contributed by atoms with Gasteiger partial charge in [-0.15, -0.1) is 0 Å². The van der Waals surface area contributed by atoms with Gasteiger partial charge in [0, 0.05) is 33.2 Å². The molecule has 22 heavy (non-hydrogen) atoms. The quantitative estimate of drug-likeness (QED) is 0.383. The average Bonchev–Trinajstić information content (AvgIpc) is 2.82. The van der Waals surface area contributed by atoms with Gasteiger partial charge in [0.1, 0.15) is 0 Å². The molecule has 0 bridgehead atoms. The van der Waals surface area contributed by atoms with Gasteiger partial charge in [-0.25, -0.2) is 0 Å². The van der Waals surface area contributed by atoms with Gasteiger partial charge in [-0.1, -0.05) is 54.6 Å². The molecule has 0 fully saturated rings. The van der Waals surface area contributed by atoms with Gasteiger partial charge in [0.05, 0.1) is 5.52 Å². The van der Waals surface area contributed by atoms with Crippen LogP contribution in [-0.4, -0.2) is 4.98 Å². The molecule has 0 aliphatic carbocycles. The van der Waals surface area contributed by atoms with Crippen LogP contribution < -0.4 is 5.32 Å². The SMILES string of the molecule is C1=Cc2c(ccc3c2[nH]c2ccccc23)Nc2ccccc21. The Morgan fingerprint density at radius 1 is 0.636 bits per heavy atom. The van der Waals surface area contributed by atoms with Crippen molar-refractivity contribution in [1.29, 1.82) is 0 Å². The molecule has 104 valence electrons. The summed E-state index contributed by atoms with van der Waals surface area (Å²) >= 11 is 0. The molecule has 0 unspecified atom stereocenters. The van der Waals surface area contributed by atoms with E-state index >= 15 is 0 Å². The number of H-pyrrole nitrogens is 1. The van der Waals surface area contributed by atoms with Crippen LogP contribution >= 0.6 is 0 Å². The van der Waals surface area contributed by atoms with E-state index in [1.807, 2.05) is 0 Å². The highest BCUT2D eigenvalue weighted by Crippen LogP contribution is 2.36. The number of aromatic amines is 1. The Morgan fingerprint density at radius 3 is 2.50 bits per heavy atom. The number of hydrogen-bond donors (Lipinski definition) is 2. The lowest BCUT2D eigenvalue weighted by Gasteiger charge is -2.10. The summed E-state index contributed by atoms with van der Waals surface area (Å²) in [6, 6.07) is 21.2. The number of nitrogens with one attached hydrogen (secondary N) is 2. The standard InChI is InChI=1S/C20H14N2/c1-3-7-17-13(5-1)9-10-16-19(21-17)12-11-15-14-6-2-4-8-18(14)22-20(15)16/h1-12,21-22H. The van der Waals surface area contributed by atoms with Gasteiger partial charge in [-0.05, 0) is 23.8 Å². The first kappa shape index (κ1) is 11.6. The molecule has 3 aromatic carbocycles. The van der Waals surface area contributed by atoms with Crippen molar-refractivity contribution in [2.45, 2.75) is 0 Å². The summed E-state index contributed by atoms with van der Waals surface area (Å²) in [5, 5.41) is 6.10. The molecule has 1 aliphatic rings. The van der Waals surface area contributed by atoms with E-state index in [0.717, 1.165) is 11.4 Å². The summed E-state index contributed by atoms with van der Waals surface area (Å²) in [6.07, 6.45) is 4.38. The van der Waals surface area contributed by atoms with E-state index in [0.29, 0.717) is 0 Å². The van der Waals surface area contributed by atoms with Crippen molar-refractivity contribution >= 4 is 45.3 Å². The van der Waals surface area contributed by atoms with Gasteiger partial charge in [0.2, 0.25) is 0 Å². The first-order valence-corrected chi connectivity index (χ1v) is 7.48. The summed E-state index contributed by atoms with van der Waals surface area (Å²) in [7, 11) is 0. The normalized spacial score (nSPS) is 12.7. The van der Waals surface area contributed by atoms with Crippen molar-refractivity contribution in [3.8, 4) is 0 Å². The highest BCUT2D eigenvalue weighted by Gasteiger charge is 2.13. The maximum absolute atomic E-state index is 3.57. The maximum atomic E-state index is 3.57. The van der Waals surface area contributed by atoms with Crippen LogP contribution in [0.4, 0.5) is 11.4 Å². The lowest BCUT2D eigenvalue weighted by atomic mass is 10.1. The molecular formula is C20H14N2. The molecule has 2 N–H and O–H groups in total. The Balaban J connectivity index is 1.85. The maximum Gasteiger partial charge on any atom is 0.0559 e. The van der Waals surface area contributed by atoms with Crippen LogP contribution in [0.15, 0.2) is 60.7 Å². The van der Waals surface area contributed by atoms with Crippen LogP contribution in [0.25, 0.3) is 34.0 Å². The summed E-state index contributed by atoms with van der Waals surface area (Å²) in [6.45, 7) is 0. The second-order valence-corrected chi connectivity index (χ2v) is 5.67. The predicted octanol–water partition coefficient (Wildman–Crippen LogP) is 5.55. The Hall–Kier alpha value is -3.00. The van der Waals surface area contributed by atoms with Crippen LogP contribution in [0.3, 0.4) is 0 Å². The van der Waals surface area contributed by atoms with Gasteiger partial charge < -0.3 is 10.3 Å². The monoisotopic (exact) mass is 282 g/mol. The van der Waals surface area contributed by atoms with Crippen molar-refractivity contribution in [2.24, 2.45) is 0 Å². The third-order valence-corrected chi connectivity index (χ3v) is 4.38. The Labute approximate surface area is 128 Å². The largest absolute Gasteiger partial charge is 0.354 e. The van der Waals surface area contributed by atoms with Crippen molar-refractivity contribution in [3.05, 3.63) is 71.8 Å². The lowest BCUT2D eigenvalue weighted by Crippen LogP contribution is -1.93. The van der Waals surface area contributed by atoms with E-state index in [9.17, 15) is 0 Å². The second-order valence-electron chi connectivity index (χ2n) is 5.67. The summed E-state index contributed by atoms with van der Waals surface area (Å²) in [5.41, 5.74) is 7.08. The van der Waals surface area contributed by atoms with Crippen LogP contribution in [0.5, 0.6) is 0 Å². The van der Waals surface area contributed by atoms with Gasteiger partial charge in [0.25, 0.3) is 0 Å². The molecular weight excluding hydrogens is 268 g/mol. The van der Waals surface area contributed by atoms with E-state index in [1.54, 1.807) is 0 Å². The van der Waals surface area contributed by atoms with Crippen LogP contribution in [0, 0.1) is 0 Å². The molecule has 0 amide bonds. The third kappa shape index (κ3) is 1.55. The van der Waals surface area contributed by atoms with Gasteiger partial charge in [-0.3, -0.25) is 0 Å². The minimum absolute atomic E-state index is 1.14. The van der Waals surface area contributed by atoms with E-state index in [-0.39, 0.29) is 0 Å². The first-order chi connectivity index (χ1) is 10.9. The molecule has 0 spiro atoms. The Morgan fingerprint density at radius 2 is 1.50 bits per heavy atom. The number of benzene rings is 3. The molecule has 5 rings (SSSR count). The van der Waals surface area contributed by atoms with Crippen molar-refractivity contribution in [3.63, 3.8) is 0 Å². The van der Waals surface area contributed by atoms with E-state index in [4.69, 9.17) is 0 Å². The Kier molecular flexibility index (Phi) is 2.25. The van der Waals surface area contributed by atoms with Crippen molar-refractivity contribution < 1.29 is 0 Å². The minimum atomic E-state index is 1.14. The fraction of sp³-hybridized carbons (Fsp3) is 0.